The number of fused-ring (bicyclic) bond motifs is 1. The summed E-state index contributed by atoms with van der Waals surface area (Å²) < 4.78 is 7.30. The molecule has 4 atom stereocenters. The number of benzene rings is 3. The van der Waals surface area contributed by atoms with E-state index in [0.29, 0.717) is 41.4 Å². The van der Waals surface area contributed by atoms with Crippen LogP contribution in [0.2, 0.25) is 0 Å². The number of carbonyl (C=O) groups is 1. The van der Waals surface area contributed by atoms with E-state index in [2.05, 4.69) is 95.6 Å². The second-order valence-electron chi connectivity index (χ2n) is 17.8. The molecule has 3 aromatic heterocycles. The second-order valence-corrected chi connectivity index (χ2v) is 17.8. The molecule has 6 aromatic rings. The lowest BCUT2D eigenvalue weighted by Gasteiger charge is -2.24. The number of rotatable bonds is 13. The van der Waals surface area contributed by atoms with Crippen LogP contribution in [0.5, 0.6) is 0 Å². The summed E-state index contributed by atoms with van der Waals surface area (Å²) in [5.74, 6) is 2.24. The Hall–Kier alpha value is -5.87. The number of aromatic amines is 2. The van der Waals surface area contributed by atoms with Crippen LogP contribution in [0.1, 0.15) is 101 Å². The Labute approximate surface area is 369 Å². The predicted octanol–water partition coefficient (Wildman–Crippen LogP) is 5.53. The molecule has 2 aliphatic heterocycles. The van der Waals surface area contributed by atoms with E-state index in [-0.39, 0.29) is 48.5 Å². The van der Waals surface area contributed by atoms with Gasteiger partial charge >= 0.3 is 0 Å². The molecule has 0 spiro atoms. The molecule has 0 saturated carbocycles. The van der Waals surface area contributed by atoms with Crippen LogP contribution in [0, 0.1) is 11.8 Å². The van der Waals surface area contributed by atoms with Crippen molar-refractivity contribution in [2.45, 2.75) is 98.2 Å². The maximum absolute atomic E-state index is 12.7. The molecule has 4 unspecified atom stereocenters. The van der Waals surface area contributed by atoms with Crippen LogP contribution in [0.4, 0.5) is 0 Å². The quantitative estimate of drug-likeness (QED) is 0.115. The number of ether oxygens (including phenoxy) is 1. The van der Waals surface area contributed by atoms with Crippen LogP contribution in [-0.2, 0) is 41.4 Å². The van der Waals surface area contributed by atoms with Gasteiger partial charge in [0.1, 0.15) is 28.5 Å². The largest absolute Gasteiger partial charge is 0.382 e. The number of nitrogens with one attached hydrogen (secondary N) is 3. The molecule has 3 aromatic carbocycles. The molecule has 1 amide bonds. The van der Waals surface area contributed by atoms with E-state index in [4.69, 9.17) is 4.74 Å². The normalized spacial score (nSPS) is 19.3. The van der Waals surface area contributed by atoms with Gasteiger partial charge in [0, 0.05) is 51.1 Å². The zero-order chi connectivity index (χ0) is 44.0. The molecule has 0 radical (unpaired) electrons. The number of likely N-dealkylation sites (tertiary alicyclic amines) is 2. The minimum Gasteiger partial charge on any atom is -0.382 e. The highest BCUT2D eigenvalue weighted by Crippen LogP contribution is 2.32. The Morgan fingerprint density at radius 1 is 0.746 bits per heavy atom. The van der Waals surface area contributed by atoms with Crippen molar-refractivity contribution in [3.63, 3.8) is 0 Å². The standard InChI is InChI=1S/C27H33N5O3.C20H25N5O2.CH4/c1-19-15-32(16-20-10-6-4-7-11-20)17-22(19)24-29-25(33)23(30-31-24)14-28-26(34)27(2,3)35-18-21-12-8-5-9-13-21;1-13-10-24(11-14-7-5-4-6-8-14)12-15(13)17-22-18(26)16-9-21-19(20(2,3)27)25(16)23-17;/h4-13,19,22H,14-18H2,1-3H3,(H,28,34)(H,29,31,33);4-9,13,15,27H,10-12H2,1-3H3,(H,22,23,26);1H4. The van der Waals surface area contributed by atoms with Crippen LogP contribution in [-0.4, -0.2) is 87.4 Å². The summed E-state index contributed by atoms with van der Waals surface area (Å²) in [4.78, 5) is 52.7. The first-order chi connectivity index (χ1) is 29.6. The molecule has 8 rings (SSSR count). The van der Waals surface area contributed by atoms with E-state index in [9.17, 15) is 19.5 Å². The van der Waals surface area contributed by atoms with Crippen molar-refractivity contribution in [3.8, 4) is 0 Å². The highest BCUT2D eigenvalue weighted by molar-refractivity contribution is 5.84. The van der Waals surface area contributed by atoms with Gasteiger partial charge in [0.15, 0.2) is 11.3 Å². The Balaban J connectivity index is 0.000000213. The third kappa shape index (κ3) is 11.6. The maximum Gasteiger partial charge on any atom is 0.276 e. The van der Waals surface area contributed by atoms with Crippen LogP contribution < -0.4 is 16.4 Å². The topological polar surface area (TPSA) is 187 Å². The van der Waals surface area contributed by atoms with Gasteiger partial charge < -0.3 is 25.1 Å². The average molecular weight is 859 g/mol. The molecule has 4 N–H and O–H groups in total. The molecular formula is C48H62N10O5. The molecule has 2 saturated heterocycles. The van der Waals surface area contributed by atoms with Gasteiger partial charge in [0.2, 0.25) is 0 Å². The number of nitrogens with zero attached hydrogens (tertiary/aromatic N) is 7. The number of amides is 1. The number of aromatic nitrogens is 7. The summed E-state index contributed by atoms with van der Waals surface area (Å²) in [6.45, 7) is 16.6. The number of carbonyl (C=O) groups excluding carboxylic acids is 1. The summed E-state index contributed by atoms with van der Waals surface area (Å²) in [5, 5.41) is 26.2. The summed E-state index contributed by atoms with van der Waals surface area (Å²) in [5.41, 5.74) is 1.26. The van der Waals surface area contributed by atoms with Crippen molar-refractivity contribution in [1.29, 1.82) is 0 Å². The van der Waals surface area contributed by atoms with Crippen LogP contribution >= 0.6 is 0 Å². The first kappa shape index (κ1) is 46.6. The molecule has 0 bridgehead atoms. The fraction of sp³-hybridized carbons (Fsp3) is 0.438. The van der Waals surface area contributed by atoms with Gasteiger partial charge in [-0.1, -0.05) is 112 Å². The number of aliphatic hydroxyl groups is 1. The first-order valence-corrected chi connectivity index (χ1v) is 21.3. The predicted molar refractivity (Wildman–Crippen MR) is 243 cm³/mol. The van der Waals surface area contributed by atoms with E-state index in [0.717, 1.165) is 44.8 Å². The molecule has 15 nitrogen and oxygen atoms in total. The Morgan fingerprint density at radius 3 is 1.78 bits per heavy atom. The second kappa shape index (κ2) is 20.1. The van der Waals surface area contributed by atoms with Crippen LogP contribution in [0.3, 0.4) is 0 Å². The zero-order valence-electron chi connectivity index (χ0n) is 36.4. The van der Waals surface area contributed by atoms with Gasteiger partial charge in [0.05, 0.1) is 19.3 Å². The minimum atomic E-state index is -1.18. The van der Waals surface area contributed by atoms with Crippen LogP contribution in [0.25, 0.3) is 5.52 Å². The molecular weight excluding hydrogens is 797 g/mol. The van der Waals surface area contributed by atoms with Gasteiger partial charge in [-0.05, 0) is 56.2 Å². The summed E-state index contributed by atoms with van der Waals surface area (Å²) in [6.07, 6.45) is 1.46. The summed E-state index contributed by atoms with van der Waals surface area (Å²) in [7, 11) is 0. The van der Waals surface area contributed by atoms with Gasteiger partial charge in [-0.25, -0.2) is 9.50 Å². The van der Waals surface area contributed by atoms with Gasteiger partial charge in [0.25, 0.3) is 17.0 Å². The van der Waals surface area contributed by atoms with Crippen molar-refractivity contribution in [1.82, 2.24) is 49.9 Å². The average Bonchev–Trinajstić information content (AvgIpc) is 3.97. The van der Waals surface area contributed by atoms with E-state index >= 15 is 0 Å². The highest BCUT2D eigenvalue weighted by Gasteiger charge is 2.35. The van der Waals surface area contributed by atoms with E-state index in [1.165, 1.54) is 21.8 Å². The van der Waals surface area contributed by atoms with Gasteiger partial charge in [-0.3, -0.25) is 24.2 Å². The Morgan fingerprint density at radius 2 is 1.25 bits per heavy atom. The zero-order valence-corrected chi connectivity index (χ0v) is 36.4. The molecule has 5 heterocycles. The van der Waals surface area contributed by atoms with E-state index in [1.807, 2.05) is 54.6 Å². The van der Waals surface area contributed by atoms with E-state index < -0.39 is 11.2 Å². The number of hydrogen-bond acceptors (Lipinski definition) is 11. The molecule has 334 valence electrons. The number of imidazole rings is 1. The lowest BCUT2D eigenvalue weighted by molar-refractivity contribution is -0.144. The molecule has 0 aliphatic carbocycles. The summed E-state index contributed by atoms with van der Waals surface area (Å²) >= 11 is 0. The van der Waals surface area contributed by atoms with Gasteiger partial charge in [-0.15, -0.1) is 10.2 Å². The Bertz CT molecular complexity index is 2540. The lowest BCUT2D eigenvalue weighted by Crippen LogP contribution is -2.44. The molecule has 2 aliphatic rings. The first-order valence-electron chi connectivity index (χ1n) is 21.3. The third-order valence-electron chi connectivity index (χ3n) is 11.7. The summed E-state index contributed by atoms with van der Waals surface area (Å²) in [6, 6.07) is 30.4. The van der Waals surface area contributed by atoms with Crippen molar-refractivity contribution in [2.75, 3.05) is 26.2 Å². The smallest absolute Gasteiger partial charge is 0.276 e. The highest BCUT2D eigenvalue weighted by atomic mass is 16.5. The fourth-order valence-electron chi connectivity index (χ4n) is 8.22. The fourth-order valence-corrected chi connectivity index (χ4v) is 8.22. The van der Waals surface area contributed by atoms with Crippen molar-refractivity contribution in [2.24, 2.45) is 11.8 Å². The van der Waals surface area contributed by atoms with Crippen molar-refractivity contribution in [3.05, 3.63) is 158 Å². The van der Waals surface area contributed by atoms with Crippen molar-refractivity contribution >= 4 is 11.4 Å². The van der Waals surface area contributed by atoms with Crippen LogP contribution in [0.15, 0.2) is 107 Å². The van der Waals surface area contributed by atoms with Crippen molar-refractivity contribution < 1.29 is 14.6 Å². The third-order valence-corrected chi connectivity index (χ3v) is 11.7. The molecule has 15 heteroatoms. The minimum absolute atomic E-state index is 0. The number of hydrogen-bond donors (Lipinski definition) is 4. The monoisotopic (exact) mass is 858 g/mol. The Kier molecular flexibility index (Phi) is 14.9. The van der Waals surface area contributed by atoms with E-state index in [1.54, 1.807) is 27.7 Å². The lowest BCUT2D eigenvalue weighted by atomic mass is 9.97. The van der Waals surface area contributed by atoms with Gasteiger partial charge in [-0.2, -0.15) is 5.10 Å². The number of H-pyrrole nitrogens is 2. The maximum atomic E-state index is 12.7. The molecule has 2 fully saturated rings. The SMILES string of the molecule is C.CC1CN(Cc2ccccc2)CC1c1nn2c(C(C)(C)O)ncc2c(=O)[nH]1.CC1CN(Cc2ccccc2)CC1c1nnc(CNC(=O)C(C)(C)OCc2ccccc2)c(=O)[nH]1. The molecule has 63 heavy (non-hydrogen) atoms.